The van der Waals surface area contributed by atoms with E-state index < -0.39 is 23.4 Å². The number of fused-ring (bicyclic) bond motifs is 6. The summed E-state index contributed by atoms with van der Waals surface area (Å²) in [6.45, 7) is 2.54. The summed E-state index contributed by atoms with van der Waals surface area (Å²) in [5.74, 6) is -1.17. The lowest BCUT2D eigenvalue weighted by atomic mass is 9.62. The third-order valence-corrected chi connectivity index (χ3v) is 8.77. The Morgan fingerprint density at radius 1 is 0.857 bits per heavy atom. The summed E-state index contributed by atoms with van der Waals surface area (Å²) in [4.78, 5) is 46.0. The fourth-order valence-electron chi connectivity index (χ4n) is 7.08. The maximum absolute atomic E-state index is 15.0. The van der Waals surface area contributed by atoms with E-state index in [0.29, 0.717) is 29.2 Å². The number of carbonyl (C=O) groups excluding carboxylic acids is 3. The Morgan fingerprint density at radius 2 is 1.60 bits per heavy atom. The van der Waals surface area contributed by atoms with Crippen LogP contribution >= 0.6 is 0 Å². The van der Waals surface area contributed by atoms with Gasteiger partial charge in [0.15, 0.2) is 11.6 Å². The van der Waals surface area contributed by atoms with E-state index in [1.165, 1.54) is 0 Å². The van der Waals surface area contributed by atoms with Crippen LogP contribution in [0.25, 0.3) is 6.08 Å². The number of ketones is 2. The molecule has 3 aliphatic rings. The van der Waals surface area contributed by atoms with Crippen molar-refractivity contribution in [1.29, 1.82) is 0 Å². The highest BCUT2D eigenvalue weighted by Gasteiger charge is 2.70. The molecule has 1 spiro atoms. The average molecular weight is 555 g/mol. The van der Waals surface area contributed by atoms with Crippen LogP contribution < -0.4 is 10.1 Å². The van der Waals surface area contributed by atoms with Gasteiger partial charge in [-0.15, -0.1) is 0 Å². The van der Waals surface area contributed by atoms with Crippen molar-refractivity contribution in [2.24, 2.45) is 5.92 Å². The summed E-state index contributed by atoms with van der Waals surface area (Å²) in [5, 5.41) is 3.09. The van der Waals surface area contributed by atoms with Gasteiger partial charge < -0.3 is 15.0 Å². The van der Waals surface area contributed by atoms with Gasteiger partial charge in [-0.3, -0.25) is 14.4 Å². The molecule has 6 heteroatoms. The second kappa shape index (κ2) is 10.1. The summed E-state index contributed by atoms with van der Waals surface area (Å²) < 4.78 is 5.87. The van der Waals surface area contributed by atoms with Crippen molar-refractivity contribution < 1.29 is 19.1 Å². The monoisotopic (exact) mass is 554 g/mol. The molecule has 1 saturated heterocycles. The number of para-hydroxylation sites is 1. The minimum atomic E-state index is -1.36. The molecule has 0 aromatic heterocycles. The third kappa shape index (κ3) is 3.75. The Kier molecular flexibility index (Phi) is 6.27. The van der Waals surface area contributed by atoms with Gasteiger partial charge in [0, 0.05) is 23.0 Å². The number of benzene rings is 4. The molecule has 4 atom stereocenters. The summed E-state index contributed by atoms with van der Waals surface area (Å²) in [6, 6.07) is 30.1. The van der Waals surface area contributed by atoms with E-state index in [1.807, 2.05) is 96.9 Å². The number of ether oxygens (including phenoxy) is 1. The zero-order valence-corrected chi connectivity index (χ0v) is 23.2. The minimum absolute atomic E-state index is 0.199. The second-order valence-corrected chi connectivity index (χ2v) is 11.1. The molecule has 4 aromatic rings. The smallest absolute Gasteiger partial charge is 0.238 e. The summed E-state index contributed by atoms with van der Waals surface area (Å²) in [7, 11) is 0. The second-order valence-electron chi connectivity index (χ2n) is 11.1. The molecule has 1 amide bonds. The zero-order chi connectivity index (χ0) is 28.8. The van der Waals surface area contributed by atoms with Gasteiger partial charge >= 0.3 is 0 Å². The number of hydrogen-bond acceptors (Lipinski definition) is 5. The first-order valence-corrected chi connectivity index (χ1v) is 14.4. The summed E-state index contributed by atoms with van der Waals surface area (Å²) in [5.41, 5.74) is 2.82. The molecule has 0 bridgehead atoms. The van der Waals surface area contributed by atoms with Crippen LogP contribution in [0.15, 0.2) is 109 Å². The number of hydrogen-bond donors (Lipinski definition) is 1. The molecular formula is C36H30N2O4. The normalized spacial score (nSPS) is 23.2. The number of Topliss-reactive ketones (excluding diaryl/α,β-unsaturated/α-hetero) is 2. The van der Waals surface area contributed by atoms with Gasteiger partial charge in [0.05, 0.1) is 18.6 Å². The molecule has 7 rings (SSSR count). The van der Waals surface area contributed by atoms with E-state index in [2.05, 4.69) is 5.32 Å². The molecule has 3 aliphatic heterocycles. The molecule has 1 fully saturated rings. The lowest BCUT2D eigenvalue weighted by molar-refractivity contribution is -0.122. The lowest BCUT2D eigenvalue weighted by Gasteiger charge is -2.38. The number of anilines is 1. The quantitative estimate of drug-likeness (QED) is 0.266. The van der Waals surface area contributed by atoms with Crippen molar-refractivity contribution >= 4 is 29.2 Å². The molecule has 208 valence electrons. The molecule has 4 aromatic carbocycles. The highest BCUT2D eigenvalue weighted by atomic mass is 16.5. The summed E-state index contributed by atoms with van der Waals surface area (Å²) >= 11 is 0. The standard InChI is InChI=1S/C36H30N2O4/c1-2-21-42-26-15-10-14-25(22-26)32(39)30-31(33(40)24-12-4-3-5-13-24)38-20-19-23-11-6-7-16-27(23)34(38)36(30)28-17-8-9-18-29(28)37-35(36)41/h3-20,22,30-31,34H,2,21H2,1H3,(H,37,41)/t30-,31-,34+,36+/m0/s1. The first-order valence-electron chi connectivity index (χ1n) is 14.4. The van der Waals surface area contributed by atoms with Crippen molar-refractivity contribution in [1.82, 2.24) is 4.90 Å². The highest BCUT2D eigenvalue weighted by molar-refractivity contribution is 6.16. The number of carbonyl (C=O) groups is 3. The molecule has 3 heterocycles. The Bertz CT molecular complexity index is 1750. The van der Waals surface area contributed by atoms with Crippen molar-refractivity contribution in [3.05, 3.63) is 137 Å². The van der Waals surface area contributed by atoms with Gasteiger partial charge in [-0.05, 0) is 47.4 Å². The minimum Gasteiger partial charge on any atom is -0.494 e. The maximum atomic E-state index is 15.0. The molecular weight excluding hydrogens is 524 g/mol. The van der Waals surface area contributed by atoms with Crippen molar-refractivity contribution in [2.75, 3.05) is 11.9 Å². The van der Waals surface area contributed by atoms with Crippen LogP contribution in [0.4, 0.5) is 5.69 Å². The Hall–Kier alpha value is -4.97. The predicted molar refractivity (Wildman–Crippen MR) is 161 cm³/mol. The van der Waals surface area contributed by atoms with Crippen LogP contribution in [0, 0.1) is 5.92 Å². The van der Waals surface area contributed by atoms with Crippen LogP contribution in [0.3, 0.4) is 0 Å². The largest absolute Gasteiger partial charge is 0.494 e. The van der Waals surface area contributed by atoms with E-state index in [-0.39, 0.29) is 17.5 Å². The number of amides is 1. The van der Waals surface area contributed by atoms with Crippen LogP contribution in [-0.4, -0.2) is 35.0 Å². The topological polar surface area (TPSA) is 75.7 Å². The van der Waals surface area contributed by atoms with E-state index in [4.69, 9.17) is 4.74 Å². The lowest BCUT2D eigenvalue weighted by Crippen LogP contribution is -2.49. The molecule has 0 saturated carbocycles. The van der Waals surface area contributed by atoms with Gasteiger partial charge in [-0.1, -0.05) is 91.9 Å². The van der Waals surface area contributed by atoms with Crippen molar-refractivity contribution in [3.8, 4) is 5.75 Å². The first-order chi connectivity index (χ1) is 20.6. The molecule has 1 N–H and O–H groups in total. The van der Waals surface area contributed by atoms with E-state index in [1.54, 1.807) is 30.3 Å². The SMILES string of the molecule is CCCOc1cccc(C(=O)[C@@H]2[C@@H](C(=O)c3ccccc3)N3C=Cc4ccccc4[C@@H]3[C@]23C(=O)Nc2ccccc23)c1. The number of nitrogens with one attached hydrogen (secondary N) is 1. The van der Waals surface area contributed by atoms with Crippen molar-refractivity contribution in [3.63, 3.8) is 0 Å². The van der Waals surface area contributed by atoms with Crippen LogP contribution in [0.2, 0.25) is 0 Å². The maximum Gasteiger partial charge on any atom is 0.238 e. The van der Waals surface area contributed by atoms with Crippen LogP contribution in [-0.2, 0) is 10.2 Å². The first kappa shape index (κ1) is 26.0. The number of rotatable bonds is 7. The predicted octanol–water partition coefficient (Wildman–Crippen LogP) is 6.46. The van der Waals surface area contributed by atoms with Gasteiger partial charge in [0.2, 0.25) is 5.91 Å². The van der Waals surface area contributed by atoms with Crippen molar-refractivity contribution in [2.45, 2.75) is 30.8 Å². The van der Waals surface area contributed by atoms with Gasteiger partial charge in [0.25, 0.3) is 0 Å². The molecule has 0 aliphatic carbocycles. The van der Waals surface area contributed by atoms with Gasteiger partial charge in [-0.2, -0.15) is 0 Å². The molecule has 6 nitrogen and oxygen atoms in total. The highest BCUT2D eigenvalue weighted by Crippen LogP contribution is 2.62. The Labute approximate surface area is 244 Å². The van der Waals surface area contributed by atoms with Crippen LogP contribution in [0.1, 0.15) is 56.8 Å². The van der Waals surface area contributed by atoms with Gasteiger partial charge in [-0.25, -0.2) is 0 Å². The fourth-order valence-corrected chi connectivity index (χ4v) is 7.08. The van der Waals surface area contributed by atoms with E-state index >= 15 is 0 Å². The molecule has 42 heavy (non-hydrogen) atoms. The van der Waals surface area contributed by atoms with E-state index in [0.717, 1.165) is 23.1 Å². The van der Waals surface area contributed by atoms with Crippen LogP contribution in [0.5, 0.6) is 5.75 Å². The third-order valence-electron chi connectivity index (χ3n) is 8.77. The molecule has 0 unspecified atom stereocenters. The average Bonchev–Trinajstić information content (AvgIpc) is 3.52. The number of nitrogens with zero attached hydrogens (tertiary/aromatic N) is 1. The summed E-state index contributed by atoms with van der Waals surface area (Å²) in [6.07, 6.45) is 4.69. The van der Waals surface area contributed by atoms with E-state index in [9.17, 15) is 14.4 Å². The Morgan fingerprint density at radius 3 is 2.43 bits per heavy atom. The zero-order valence-electron chi connectivity index (χ0n) is 23.2. The molecule has 0 radical (unpaired) electrons. The fraction of sp³-hybridized carbons (Fsp3) is 0.194. The Balaban J connectivity index is 1.50. The van der Waals surface area contributed by atoms with Gasteiger partial charge in [0.1, 0.15) is 17.2 Å².